The molecule has 1 aromatic carbocycles. The lowest BCUT2D eigenvalue weighted by Crippen LogP contribution is -2.02. The summed E-state index contributed by atoms with van der Waals surface area (Å²) in [6.07, 6.45) is 0.914. The lowest BCUT2D eigenvalue weighted by Gasteiger charge is -2.01. The van der Waals surface area contributed by atoms with Crippen molar-refractivity contribution < 1.29 is 4.74 Å². The van der Waals surface area contributed by atoms with E-state index in [4.69, 9.17) is 10.5 Å². The average Bonchev–Trinajstić information content (AvgIpc) is 2.22. The van der Waals surface area contributed by atoms with Crippen molar-refractivity contribution in [1.82, 2.24) is 0 Å². The summed E-state index contributed by atoms with van der Waals surface area (Å²) in [5, 5.41) is 0. The Hall–Kier alpha value is -1.02. The summed E-state index contributed by atoms with van der Waals surface area (Å²) in [6, 6.07) is 7.96. The minimum Gasteiger partial charge on any atom is -0.497 e. The second-order valence-electron chi connectivity index (χ2n) is 2.39. The number of hydrogen-bond donors (Lipinski definition) is 1. The molecule has 0 heterocycles. The molecule has 0 aliphatic heterocycles. The van der Waals surface area contributed by atoms with E-state index in [0.29, 0.717) is 6.54 Å². The van der Waals surface area contributed by atoms with Crippen LogP contribution < -0.4 is 10.5 Å². The van der Waals surface area contributed by atoms with Crippen LogP contribution in [0.15, 0.2) is 24.3 Å². The highest BCUT2D eigenvalue weighted by atomic mass is 16.5. The van der Waals surface area contributed by atoms with Crippen molar-refractivity contribution in [2.75, 3.05) is 13.7 Å². The molecule has 0 aliphatic rings. The average molecular weight is 181 g/mol. The molecule has 1 rings (SSSR count). The summed E-state index contributed by atoms with van der Waals surface area (Å²) < 4.78 is 5.06. The summed E-state index contributed by atoms with van der Waals surface area (Å²) in [5.74, 6) is 0.899. The maximum absolute atomic E-state index is 5.41. The number of ether oxygens (including phenoxy) is 1. The van der Waals surface area contributed by atoms with Crippen molar-refractivity contribution >= 4 is 0 Å². The molecule has 2 nitrogen and oxygen atoms in total. The molecule has 0 saturated carbocycles. The third-order valence-electron chi connectivity index (χ3n) is 1.57. The van der Waals surface area contributed by atoms with Gasteiger partial charge in [-0.15, -0.1) is 0 Å². The first-order chi connectivity index (χ1) is 6.36. The summed E-state index contributed by atoms with van der Waals surface area (Å²) >= 11 is 0. The van der Waals surface area contributed by atoms with Gasteiger partial charge in [0.05, 0.1) is 7.11 Å². The Morgan fingerprint density at radius 2 is 2.00 bits per heavy atom. The molecule has 0 atom stereocenters. The molecule has 0 amide bonds. The maximum atomic E-state index is 5.41. The second-order valence-corrected chi connectivity index (χ2v) is 2.39. The Balaban J connectivity index is 0.000000671. The number of hydrogen-bond acceptors (Lipinski definition) is 2. The standard InChI is InChI=1S/C9H13NO.C2H6/c1-11-9-4-2-3-8(7-9)5-6-10;1-2/h2-4,7H,5-6,10H2,1H3;1-2H3. The van der Waals surface area contributed by atoms with Gasteiger partial charge in [0.15, 0.2) is 0 Å². The molecule has 0 fully saturated rings. The van der Waals surface area contributed by atoms with Crippen LogP contribution in [0.2, 0.25) is 0 Å². The molecule has 74 valence electrons. The minimum atomic E-state index is 0.688. The zero-order chi connectivity index (χ0) is 10.1. The molecule has 0 saturated heterocycles. The van der Waals surface area contributed by atoms with E-state index in [1.807, 2.05) is 32.0 Å². The fraction of sp³-hybridized carbons (Fsp3) is 0.455. The molecule has 0 aliphatic carbocycles. The highest BCUT2D eigenvalue weighted by Gasteiger charge is 1.92. The van der Waals surface area contributed by atoms with E-state index in [1.165, 1.54) is 5.56 Å². The van der Waals surface area contributed by atoms with Crippen LogP contribution in [-0.2, 0) is 6.42 Å². The molecule has 13 heavy (non-hydrogen) atoms. The third kappa shape index (κ3) is 4.53. The number of benzene rings is 1. The molecule has 0 aromatic heterocycles. The van der Waals surface area contributed by atoms with Crippen LogP contribution in [0, 0.1) is 0 Å². The Morgan fingerprint density at radius 3 is 2.54 bits per heavy atom. The predicted molar refractivity (Wildman–Crippen MR) is 57.1 cm³/mol. The van der Waals surface area contributed by atoms with E-state index in [9.17, 15) is 0 Å². The van der Waals surface area contributed by atoms with E-state index in [0.717, 1.165) is 12.2 Å². The van der Waals surface area contributed by atoms with Crippen molar-refractivity contribution in [2.45, 2.75) is 20.3 Å². The van der Waals surface area contributed by atoms with Crippen LogP contribution >= 0.6 is 0 Å². The number of nitrogens with two attached hydrogens (primary N) is 1. The van der Waals surface area contributed by atoms with Gasteiger partial charge >= 0.3 is 0 Å². The first kappa shape index (κ1) is 12.0. The van der Waals surface area contributed by atoms with Crippen LogP contribution in [-0.4, -0.2) is 13.7 Å². The van der Waals surface area contributed by atoms with Gasteiger partial charge in [-0.3, -0.25) is 0 Å². The van der Waals surface area contributed by atoms with Gasteiger partial charge in [-0.2, -0.15) is 0 Å². The smallest absolute Gasteiger partial charge is 0.119 e. The number of rotatable bonds is 3. The molecular weight excluding hydrogens is 162 g/mol. The van der Waals surface area contributed by atoms with E-state index < -0.39 is 0 Å². The van der Waals surface area contributed by atoms with Crippen molar-refractivity contribution in [3.63, 3.8) is 0 Å². The SMILES string of the molecule is CC.COc1cccc(CCN)c1. The Bertz CT molecular complexity index is 223. The quantitative estimate of drug-likeness (QED) is 0.776. The van der Waals surface area contributed by atoms with Gasteiger partial charge in [0, 0.05) is 0 Å². The van der Waals surface area contributed by atoms with Crippen LogP contribution in [0.4, 0.5) is 0 Å². The minimum absolute atomic E-state index is 0.688. The second kappa shape index (κ2) is 7.62. The molecule has 0 radical (unpaired) electrons. The summed E-state index contributed by atoms with van der Waals surface area (Å²) in [5.41, 5.74) is 6.64. The highest BCUT2D eigenvalue weighted by Crippen LogP contribution is 2.12. The van der Waals surface area contributed by atoms with Crippen LogP contribution in [0.5, 0.6) is 5.75 Å². The molecule has 2 N–H and O–H groups in total. The molecule has 0 unspecified atom stereocenters. The lowest BCUT2D eigenvalue weighted by molar-refractivity contribution is 0.414. The van der Waals surface area contributed by atoms with E-state index in [2.05, 4.69) is 6.07 Å². The van der Waals surface area contributed by atoms with Crippen LogP contribution in [0.1, 0.15) is 19.4 Å². The highest BCUT2D eigenvalue weighted by molar-refractivity contribution is 5.28. The van der Waals surface area contributed by atoms with Crippen LogP contribution in [0.3, 0.4) is 0 Å². The lowest BCUT2D eigenvalue weighted by atomic mass is 10.1. The predicted octanol–water partition coefficient (Wildman–Crippen LogP) is 2.22. The van der Waals surface area contributed by atoms with Crippen molar-refractivity contribution in [1.29, 1.82) is 0 Å². The fourth-order valence-electron chi connectivity index (χ4n) is 0.995. The van der Waals surface area contributed by atoms with E-state index >= 15 is 0 Å². The van der Waals surface area contributed by atoms with Crippen LogP contribution in [0.25, 0.3) is 0 Å². The Labute approximate surface area is 80.7 Å². The molecule has 0 bridgehead atoms. The Kier molecular flexibility index (Phi) is 7.02. The molecular formula is C11H19NO. The largest absolute Gasteiger partial charge is 0.497 e. The zero-order valence-electron chi connectivity index (χ0n) is 8.71. The maximum Gasteiger partial charge on any atom is 0.119 e. The van der Waals surface area contributed by atoms with Gasteiger partial charge in [-0.05, 0) is 30.7 Å². The summed E-state index contributed by atoms with van der Waals surface area (Å²) in [6.45, 7) is 4.69. The monoisotopic (exact) mass is 181 g/mol. The third-order valence-corrected chi connectivity index (χ3v) is 1.57. The van der Waals surface area contributed by atoms with Crippen molar-refractivity contribution in [2.24, 2.45) is 5.73 Å². The first-order valence-corrected chi connectivity index (χ1v) is 4.70. The fourth-order valence-corrected chi connectivity index (χ4v) is 0.995. The van der Waals surface area contributed by atoms with Gasteiger partial charge in [0.25, 0.3) is 0 Å². The van der Waals surface area contributed by atoms with Gasteiger partial charge in [0.2, 0.25) is 0 Å². The van der Waals surface area contributed by atoms with Crippen molar-refractivity contribution in [3.05, 3.63) is 29.8 Å². The summed E-state index contributed by atoms with van der Waals surface area (Å²) in [4.78, 5) is 0. The Morgan fingerprint density at radius 1 is 1.31 bits per heavy atom. The summed E-state index contributed by atoms with van der Waals surface area (Å²) in [7, 11) is 1.67. The van der Waals surface area contributed by atoms with E-state index in [1.54, 1.807) is 7.11 Å². The molecule has 2 heteroatoms. The topological polar surface area (TPSA) is 35.2 Å². The van der Waals surface area contributed by atoms with Gasteiger partial charge < -0.3 is 10.5 Å². The number of methoxy groups -OCH3 is 1. The van der Waals surface area contributed by atoms with Gasteiger partial charge in [-0.1, -0.05) is 26.0 Å². The zero-order valence-corrected chi connectivity index (χ0v) is 8.71. The van der Waals surface area contributed by atoms with Crippen molar-refractivity contribution in [3.8, 4) is 5.75 Å². The molecule has 1 aromatic rings. The van der Waals surface area contributed by atoms with Gasteiger partial charge in [-0.25, -0.2) is 0 Å². The van der Waals surface area contributed by atoms with Gasteiger partial charge in [0.1, 0.15) is 5.75 Å². The normalized spacial score (nSPS) is 8.62. The van der Waals surface area contributed by atoms with E-state index in [-0.39, 0.29) is 0 Å². The molecule has 0 spiro atoms. The first-order valence-electron chi connectivity index (χ1n) is 4.70.